The highest BCUT2D eigenvalue weighted by molar-refractivity contribution is 6.02. The number of amides is 2. The van der Waals surface area contributed by atoms with Crippen LogP contribution in [0.3, 0.4) is 0 Å². The van der Waals surface area contributed by atoms with Crippen LogP contribution in [0.25, 0.3) is 10.8 Å². The minimum Gasteiger partial charge on any atom is -0.483 e. The van der Waals surface area contributed by atoms with Crippen molar-refractivity contribution >= 4 is 28.3 Å². The molecule has 2 aliphatic heterocycles. The van der Waals surface area contributed by atoms with E-state index >= 15 is 0 Å². The number of para-hydroxylation sites is 1. The van der Waals surface area contributed by atoms with Crippen LogP contribution in [0.4, 0.5) is 5.69 Å². The van der Waals surface area contributed by atoms with Gasteiger partial charge in [-0.3, -0.25) is 9.59 Å². The number of hydrogen-bond acceptors (Lipinski definition) is 4. The molecule has 0 N–H and O–H groups in total. The largest absolute Gasteiger partial charge is 0.483 e. The summed E-state index contributed by atoms with van der Waals surface area (Å²) in [6.07, 6.45) is 0.846. The summed E-state index contributed by atoms with van der Waals surface area (Å²) in [6, 6.07) is 19.5. The van der Waals surface area contributed by atoms with Crippen molar-refractivity contribution in [2.45, 2.75) is 6.42 Å². The SMILES string of the molecule is O=C(c1cc2ccccc2cc1OCC(=O)N1CCc2ccccc21)N1CCOCC1. The van der Waals surface area contributed by atoms with Crippen LogP contribution in [0, 0.1) is 0 Å². The highest BCUT2D eigenvalue weighted by Gasteiger charge is 2.26. The molecule has 1 saturated heterocycles. The molecule has 0 atom stereocenters. The molecule has 5 rings (SSSR count). The molecule has 0 unspecified atom stereocenters. The third-order valence-electron chi connectivity index (χ3n) is 5.92. The number of nitrogens with zero attached hydrogens (tertiary/aromatic N) is 2. The lowest BCUT2D eigenvalue weighted by atomic mass is 10.0. The highest BCUT2D eigenvalue weighted by Crippen LogP contribution is 2.30. The Bertz CT molecular complexity index is 1140. The van der Waals surface area contributed by atoms with E-state index in [4.69, 9.17) is 9.47 Å². The van der Waals surface area contributed by atoms with Crippen LogP contribution in [0.2, 0.25) is 0 Å². The van der Waals surface area contributed by atoms with E-state index in [0.717, 1.165) is 22.9 Å². The lowest BCUT2D eigenvalue weighted by Crippen LogP contribution is -2.41. The van der Waals surface area contributed by atoms with E-state index in [0.29, 0.717) is 44.2 Å². The average Bonchev–Trinajstić information content (AvgIpc) is 3.26. The molecule has 3 aromatic rings. The van der Waals surface area contributed by atoms with Gasteiger partial charge in [0.05, 0.1) is 18.8 Å². The number of hydrogen-bond donors (Lipinski definition) is 0. The lowest BCUT2D eigenvalue weighted by Gasteiger charge is -2.27. The third-order valence-corrected chi connectivity index (χ3v) is 5.92. The zero-order chi connectivity index (χ0) is 21.2. The Balaban J connectivity index is 1.40. The second-order valence-corrected chi connectivity index (χ2v) is 7.81. The first-order valence-electron chi connectivity index (χ1n) is 10.6. The molecule has 158 valence electrons. The number of ether oxygens (including phenoxy) is 2. The van der Waals surface area contributed by atoms with Crippen LogP contribution in [0.15, 0.2) is 60.7 Å². The average molecular weight is 416 g/mol. The van der Waals surface area contributed by atoms with Crippen LogP contribution in [0.1, 0.15) is 15.9 Å². The predicted octanol–water partition coefficient (Wildman–Crippen LogP) is 3.28. The molecule has 3 aromatic carbocycles. The van der Waals surface area contributed by atoms with Gasteiger partial charge >= 0.3 is 0 Å². The Kier molecular flexibility index (Phi) is 5.30. The number of benzene rings is 3. The van der Waals surface area contributed by atoms with Gasteiger partial charge in [-0.05, 0) is 41.0 Å². The van der Waals surface area contributed by atoms with Gasteiger partial charge in [0.25, 0.3) is 11.8 Å². The van der Waals surface area contributed by atoms with Gasteiger partial charge in [-0.15, -0.1) is 0 Å². The van der Waals surface area contributed by atoms with Crippen molar-refractivity contribution in [2.75, 3.05) is 44.4 Å². The summed E-state index contributed by atoms with van der Waals surface area (Å²) in [6.45, 7) is 2.70. The highest BCUT2D eigenvalue weighted by atomic mass is 16.5. The molecule has 1 fully saturated rings. The van der Waals surface area contributed by atoms with Crippen molar-refractivity contribution in [1.29, 1.82) is 0 Å². The van der Waals surface area contributed by atoms with Crippen LogP contribution in [-0.2, 0) is 16.0 Å². The minimum absolute atomic E-state index is 0.0944. The molecule has 0 bridgehead atoms. The molecular formula is C25H24N2O4. The molecule has 2 aliphatic rings. The number of anilines is 1. The van der Waals surface area contributed by atoms with Crippen molar-refractivity contribution < 1.29 is 19.1 Å². The summed E-state index contributed by atoms with van der Waals surface area (Å²) in [5.74, 6) is 0.238. The zero-order valence-corrected chi connectivity index (χ0v) is 17.3. The van der Waals surface area contributed by atoms with E-state index in [1.165, 1.54) is 5.56 Å². The lowest BCUT2D eigenvalue weighted by molar-refractivity contribution is -0.120. The van der Waals surface area contributed by atoms with Gasteiger partial charge in [-0.1, -0.05) is 42.5 Å². The monoisotopic (exact) mass is 416 g/mol. The quantitative estimate of drug-likeness (QED) is 0.655. The molecule has 2 heterocycles. The summed E-state index contributed by atoms with van der Waals surface area (Å²) in [5, 5.41) is 1.93. The summed E-state index contributed by atoms with van der Waals surface area (Å²) >= 11 is 0. The molecular weight excluding hydrogens is 392 g/mol. The Morgan fingerprint density at radius 3 is 2.42 bits per heavy atom. The van der Waals surface area contributed by atoms with Crippen molar-refractivity contribution in [2.24, 2.45) is 0 Å². The maximum Gasteiger partial charge on any atom is 0.264 e. The molecule has 6 heteroatoms. The molecule has 6 nitrogen and oxygen atoms in total. The number of carbonyl (C=O) groups excluding carboxylic acids is 2. The van der Waals surface area contributed by atoms with Crippen LogP contribution in [0.5, 0.6) is 5.75 Å². The minimum atomic E-state index is -0.115. The van der Waals surface area contributed by atoms with E-state index in [2.05, 4.69) is 0 Å². The van der Waals surface area contributed by atoms with Gasteiger partial charge in [-0.2, -0.15) is 0 Å². The van der Waals surface area contributed by atoms with E-state index in [-0.39, 0.29) is 18.4 Å². The molecule has 0 aliphatic carbocycles. The molecule has 0 saturated carbocycles. The summed E-state index contributed by atoms with van der Waals surface area (Å²) in [5.41, 5.74) is 2.60. The normalized spacial score (nSPS) is 15.7. The standard InChI is InChI=1S/C25H24N2O4/c28-24(27-10-9-18-5-3-4-8-22(18)27)17-31-23-16-20-7-2-1-6-19(20)15-21(23)25(29)26-11-13-30-14-12-26/h1-8,15-16H,9-14,17H2. The van der Waals surface area contributed by atoms with Crippen LogP contribution >= 0.6 is 0 Å². The smallest absolute Gasteiger partial charge is 0.264 e. The van der Waals surface area contributed by atoms with E-state index in [1.807, 2.05) is 60.7 Å². The number of morpholine rings is 1. The number of rotatable bonds is 4. The van der Waals surface area contributed by atoms with Crippen molar-refractivity contribution in [3.05, 3.63) is 71.8 Å². The summed E-state index contributed by atoms with van der Waals surface area (Å²) in [7, 11) is 0. The van der Waals surface area contributed by atoms with Gasteiger partial charge in [0.2, 0.25) is 0 Å². The molecule has 31 heavy (non-hydrogen) atoms. The maximum absolute atomic E-state index is 13.2. The first kappa shape index (κ1) is 19.6. The predicted molar refractivity (Wildman–Crippen MR) is 119 cm³/mol. The molecule has 2 amide bonds. The van der Waals surface area contributed by atoms with E-state index in [9.17, 15) is 9.59 Å². The first-order chi connectivity index (χ1) is 15.2. The Morgan fingerprint density at radius 2 is 1.61 bits per heavy atom. The number of carbonyl (C=O) groups is 2. The topological polar surface area (TPSA) is 59.1 Å². The molecule has 0 spiro atoms. The Labute approximate surface area is 181 Å². The summed E-state index contributed by atoms with van der Waals surface area (Å²) < 4.78 is 11.4. The maximum atomic E-state index is 13.2. The van der Waals surface area contributed by atoms with Gasteiger partial charge in [-0.25, -0.2) is 0 Å². The molecule has 0 aromatic heterocycles. The second kappa shape index (κ2) is 8.40. The van der Waals surface area contributed by atoms with Gasteiger partial charge in [0.1, 0.15) is 5.75 Å². The Hall–Kier alpha value is -3.38. The van der Waals surface area contributed by atoms with Gasteiger partial charge in [0.15, 0.2) is 6.61 Å². The van der Waals surface area contributed by atoms with Crippen molar-refractivity contribution in [3.63, 3.8) is 0 Å². The fraction of sp³-hybridized carbons (Fsp3) is 0.280. The first-order valence-corrected chi connectivity index (χ1v) is 10.6. The van der Waals surface area contributed by atoms with E-state index in [1.54, 1.807) is 9.80 Å². The van der Waals surface area contributed by atoms with E-state index < -0.39 is 0 Å². The van der Waals surface area contributed by atoms with Gasteiger partial charge in [0, 0.05) is 25.3 Å². The fourth-order valence-corrected chi connectivity index (χ4v) is 4.26. The summed E-state index contributed by atoms with van der Waals surface area (Å²) in [4.78, 5) is 29.7. The van der Waals surface area contributed by atoms with Gasteiger partial charge < -0.3 is 19.3 Å². The fourth-order valence-electron chi connectivity index (χ4n) is 4.26. The van der Waals surface area contributed by atoms with Crippen molar-refractivity contribution in [1.82, 2.24) is 4.90 Å². The third kappa shape index (κ3) is 3.86. The van der Waals surface area contributed by atoms with Crippen molar-refractivity contribution in [3.8, 4) is 5.75 Å². The van der Waals surface area contributed by atoms with Crippen LogP contribution in [-0.4, -0.2) is 56.2 Å². The zero-order valence-electron chi connectivity index (χ0n) is 17.3. The van der Waals surface area contributed by atoms with Crippen LogP contribution < -0.4 is 9.64 Å². The Morgan fingerprint density at radius 1 is 0.903 bits per heavy atom. The molecule has 0 radical (unpaired) electrons. The number of fused-ring (bicyclic) bond motifs is 2. The second-order valence-electron chi connectivity index (χ2n) is 7.81.